The summed E-state index contributed by atoms with van der Waals surface area (Å²) < 4.78 is 7.66. The number of nitrogen functional groups attached to an aromatic ring is 1. The lowest BCUT2D eigenvalue weighted by Crippen LogP contribution is -2.22. The van der Waals surface area contributed by atoms with E-state index in [0.29, 0.717) is 16.6 Å². The summed E-state index contributed by atoms with van der Waals surface area (Å²) in [5.74, 6) is 1.42. The molecule has 94 valence electrons. The third kappa shape index (κ3) is 1.25. The molecule has 19 heavy (non-hydrogen) atoms. The van der Waals surface area contributed by atoms with Gasteiger partial charge in [0.2, 0.25) is 0 Å². The minimum absolute atomic E-state index is 0.0480. The van der Waals surface area contributed by atoms with Gasteiger partial charge in [-0.1, -0.05) is 6.07 Å². The van der Waals surface area contributed by atoms with Gasteiger partial charge in [0, 0.05) is 29.2 Å². The molecule has 0 saturated carbocycles. The molecule has 2 aromatic rings. The van der Waals surface area contributed by atoms with Gasteiger partial charge in [-0.2, -0.15) is 0 Å². The molecule has 0 bridgehead atoms. The van der Waals surface area contributed by atoms with Crippen LogP contribution in [-0.4, -0.2) is 9.62 Å². The number of aromatic nitrogens is 1. The van der Waals surface area contributed by atoms with Gasteiger partial charge >= 0.3 is 0 Å². The van der Waals surface area contributed by atoms with Gasteiger partial charge in [-0.3, -0.25) is 0 Å². The fraction of sp³-hybridized carbons (Fsp3) is 0.0714. The lowest BCUT2D eigenvalue weighted by molar-refractivity contribution is 0.536. The van der Waals surface area contributed by atoms with Crippen molar-refractivity contribution in [2.24, 2.45) is 5.73 Å². The van der Waals surface area contributed by atoms with Crippen LogP contribution in [0.3, 0.4) is 0 Å². The Morgan fingerprint density at radius 3 is 2.89 bits per heavy atom. The van der Waals surface area contributed by atoms with Gasteiger partial charge < -0.3 is 20.8 Å². The molecule has 1 unspecified atom stereocenters. The van der Waals surface area contributed by atoms with E-state index in [9.17, 15) is 0 Å². The number of fused-ring (bicyclic) bond motifs is 5. The van der Waals surface area contributed by atoms with E-state index in [1.807, 2.05) is 29.0 Å². The minimum Gasteiger partial charge on any atom is -0.445 e. The van der Waals surface area contributed by atoms with Crippen LogP contribution in [0.2, 0.25) is 0 Å². The SMILES string of the molecule is NC1=C2C(=S)Oc3cc(N)ccc3C2c2cccn21. The summed E-state index contributed by atoms with van der Waals surface area (Å²) in [7, 11) is 0. The average molecular weight is 269 g/mol. The van der Waals surface area contributed by atoms with Crippen LogP contribution in [0.5, 0.6) is 5.75 Å². The zero-order valence-electron chi connectivity index (χ0n) is 9.96. The van der Waals surface area contributed by atoms with Crippen molar-refractivity contribution >= 4 is 28.8 Å². The molecular weight excluding hydrogens is 258 g/mol. The molecule has 4 nitrogen and oxygen atoms in total. The van der Waals surface area contributed by atoms with Crippen molar-refractivity contribution in [3.63, 3.8) is 0 Å². The highest BCUT2D eigenvalue weighted by Gasteiger charge is 2.39. The number of ether oxygens (including phenoxy) is 1. The van der Waals surface area contributed by atoms with E-state index in [-0.39, 0.29) is 5.92 Å². The largest absolute Gasteiger partial charge is 0.445 e. The van der Waals surface area contributed by atoms with Crippen molar-refractivity contribution in [3.8, 4) is 5.75 Å². The molecule has 1 aromatic carbocycles. The summed E-state index contributed by atoms with van der Waals surface area (Å²) in [6.07, 6.45) is 1.94. The molecule has 2 aliphatic rings. The highest BCUT2D eigenvalue weighted by atomic mass is 32.1. The maximum Gasteiger partial charge on any atom is 0.198 e. The molecular formula is C14H11N3OS. The van der Waals surface area contributed by atoms with E-state index in [2.05, 4.69) is 6.07 Å². The Balaban J connectivity index is 2.04. The summed E-state index contributed by atoms with van der Waals surface area (Å²) >= 11 is 5.34. The van der Waals surface area contributed by atoms with Crippen LogP contribution in [0, 0.1) is 0 Å². The van der Waals surface area contributed by atoms with Crippen LogP contribution in [0.25, 0.3) is 5.82 Å². The van der Waals surface area contributed by atoms with Gasteiger partial charge in [0.15, 0.2) is 5.05 Å². The van der Waals surface area contributed by atoms with Crippen LogP contribution in [0.1, 0.15) is 17.2 Å². The summed E-state index contributed by atoms with van der Waals surface area (Å²) in [5.41, 5.74) is 15.7. The van der Waals surface area contributed by atoms with Crippen molar-refractivity contribution < 1.29 is 4.74 Å². The Morgan fingerprint density at radius 2 is 2.05 bits per heavy atom. The summed E-state index contributed by atoms with van der Waals surface area (Å²) in [6, 6.07) is 9.69. The van der Waals surface area contributed by atoms with Gasteiger partial charge in [-0.05, 0) is 30.4 Å². The van der Waals surface area contributed by atoms with E-state index >= 15 is 0 Å². The van der Waals surface area contributed by atoms with Crippen molar-refractivity contribution in [1.82, 2.24) is 4.57 Å². The molecule has 0 amide bonds. The molecule has 4 N–H and O–H groups in total. The molecule has 1 atom stereocenters. The predicted octanol–water partition coefficient (Wildman–Crippen LogP) is 2.06. The van der Waals surface area contributed by atoms with Gasteiger partial charge in [-0.25, -0.2) is 0 Å². The molecule has 3 heterocycles. The lowest BCUT2D eigenvalue weighted by Gasteiger charge is -2.25. The summed E-state index contributed by atoms with van der Waals surface area (Å²) in [5, 5.41) is 0.435. The molecule has 2 aliphatic heterocycles. The van der Waals surface area contributed by atoms with E-state index in [4.69, 9.17) is 28.4 Å². The highest BCUT2D eigenvalue weighted by molar-refractivity contribution is 7.80. The van der Waals surface area contributed by atoms with E-state index < -0.39 is 0 Å². The van der Waals surface area contributed by atoms with Crippen LogP contribution < -0.4 is 16.2 Å². The number of rotatable bonds is 0. The monoisotopic (exact) mass is 269 g/mol. The van der Waals surface area contributed by atoms with Crippen LogP contribution >= 0.6 is 12.2 Å². The van der Waals surface area contributed by atoms with Crippen LogP contribution in [0.4, 0.5) is 5.69 Å². The van der Waals surface area contributed by atoms with Crippen LogP contribution in [0.15, 0.2) is 42.1 Å². The molecule has 1 aromatic heterocycles. The molecule has 0 saturated heterocycles. The van der Waals surface area contributed by atoms with Crippen molar-refractivity contribution in [1.29, 1.82) is 0 Å². The van der Waals surface area contributed by atoms with Crippen molar-refractivity contribution in [3.05, 3.63) is 53.4 Å². The van der Waals surface area contributed by atoms with Crippen molar-refractivity contribution in [2.45, 2.75) is 5.92 Å². The number of nitrogens with zero attached hydrogens (tertiary/aromatic N) is 1. The maximum absolute atomic E-state index is 6.17. The second-order valence-corrected chi connectivity index (χ2v) is 5.09. The number of hydrogen-bond donors (Lipinski definition) is 2. The quantitative estimate of drug-likeness (QED) is 0.567. The second kappa shape index (κ2) is 3.39. The molecule has 0 spiro atoms. The van der Waals surface area contributed by atoms with Crippen LogP contribution in [-0.2, 0) is 0 Å². The Hall–Kier alpha value is -2.27. The Bertz CT molecular complexity index is 760. The zero-order valence-corrected chi connectivity index (χ0v) is 10.8. The van der Waals surface area contributed by atoms with Gasteiger partial charge in [-0.15, -0.1) is 0 Å². The fourth-order valence-electron chi connectivity index (χ4n) is 2.84. The lowest BCUT2D eigenvalue weighted by atomic mass is 9.87. The second-order valence-electron chi connectivity index (χ2n) is 4.72. The smallest absolute Gasteiger partial charge is 0.198 e. The molecule has 0 radical (unpaired) electrons. The van der Waals surface area contributed by atoms with Gasteiger partial charge in [0.1, 0.15) is 11.6 Å². The Kier molecular flexibility index (Phi) is 1.90. The van der Waals surface area contributed by atoms with Crippen molar-refractivity contribution in [2.75, 3.05) is 5.73 Å². The summed E-state index contributed by atoms with van der Waals surface area (Å²) in [4.78, 5) is 0. The number of anilines is 1. The first-order valence-corrected chi connectivity index (χ1v) is 6.36. The fourth-order valence-corrected chi connectivity index (χ4v) is 3.16. The Morgan fingerprint density at radius 1 is 1.21 bits per heavy atom. The first-order chi connectivity index (χ1) is 9.16. The molecule has 5 heteroatoms. The average Bonchev–Trinajstić information content (AvgIpc) is 2.93. The van der Waals surface area contributed by atoms with E-state index in [0.717, 1.165) is 22.6 Å². The van der Waals surface area contributed by atoms with E-state index in [1.54, 1.807) is 6.07 Å². The predicted molar refractivity (Wildman–Crippen MR) is 77.8 cm³/mol. The molecule has 0 fully saturated rings. The number of thiocarbonyl (C=S) groups is 1. The third-order valence-electron chi connectivity index (χ3n) is 3.67. The third-order valence-corrected chi connectivity index (χ3v) is 3.97. The standard InChI is InChI=1S/C14H11N3OS/c15-7-3-4-8-10(6-7)18-14(19)12-11(8)9-2-1-5-17(9)13(12)16/h1-6,11H,15-16H2. The van der Waals surface area contributed by atoms with Gasteiger partial charge in [0.05, 0.1) is 11.5 Å². The normalized spacial score (nSPS) is 19.8. The number of nitrogens with two attached hydrogens (primary N) is 2. The number of benzene rings is 1. The first kappa shape index (κ1) is 10.6. The highest BCUT2D eigenvalue weighted by Crippen LogP contribution is 2.47. The van der Waals surface area contributed by atoms with Gasteiger partial charge in [0.25, 0.3) is 0 Å². The van der Waals surface area contributed by atoms with E-state index in [1.165, 1.54) is 0 Å². The minimum atomic E-state index is 0.0480. The number of hydrogen-bond acceptors (Lipinski definition) is 4. The topological polar surface area (TPSA) is 66.2 Å². The first-order valence-electron chi connectivity index (χ1n) is 5.95. The zero-order chi connectivity index (χ0) is 13.1. The summed E-state index contributed by atoms with van der Waals surface area (Å²) in [6.45, 7) is 0. The maximum atomic E-state index is 6.17. The molecule has 4 rings (SSSR count). The Labute approximate surface area is 115 Å². The molecule has 0 aliphatic carbocycles.